The van der Waals surface area contributed by atoms with E-state index >= 15 is 0 Å². The third-order valence-corrected chi connectivity index (χ3v) is 4.51. The number of aromatic amines is 1. The molecule has 6 nitrogen and oxygen atoms in total. The number of nitrogens with one attached hydrogen (secondary N) is 2. The molecule has 128 valence electrons. The number of benzene rings is 1. The first-order valence-corrected chi connectivity index (χ1v) is 8.75. The molecule has 1 aliphatic carbocycles. The lowest BCUT2D eigenvalue weighted by atomic mass is 10.2. The lowest BCUT2D eigenvalue weighted by Crippen LogP contribution is -2.02. The first-order chi connectivity index (χ1) is 12.8. The van der Waals surface area contributed by atoms with Crippen molar-refractivity contribution in [2.45, 2.75) is 18.8 Å². The normalized spacial score (nSPS) is 14.3. The number of anilines is 2. The van der Waals surface area contributed by atoms with Crippen LogP contribution in [0.5, 0.6) is 0 Å². The molecule has 0 atom stereocenters. The lowest BCUT2D eigenvalue weighted by Gasteiger charge is -2.06. The fourth-order valence-electron chi connectivity index (χ4n) is 2.98. The van der Waals surface area contributed by atoms with Crippen LogP contribution in [0.1, 0.15) is 35.7 Å². The Labute approximate surface area is 150 Å². The highest BCUT2D eigenvalue weighted by Gasteiger charge is 2.25. The van der Waals surface area contributed by atoms with Crippen LogP contribution in [0, 0.1) is 0 Å². The van der Waals surface area contributed by atoms with Crippen molar-refractivity contribution in [3.05, 3.63) is 71.8 Å². The predicted molar refractivity (Wildman–Crippen MR) is 102 cm³/mol. The van der Waals surface area contributed by atoms with E-state index in [9.17, 15) is 0 Å². The van der Waals surface area contributed by atoms with Gasteiger partial charge in [-0.1, -0.05) is 36.4 Å². The van der Waals surface area contributed by atoms with E-state index in [1.807, 2.05) is 47.0 Å². The predicted octanol–water partition coefficient (Wildman–Crippen LogP) is 4.24. The molecular weight excluding hydrogens is 324 g/mol. The van der Waals surface area contributed by atoms with Gasteiger partial charge < -0.3 is 5.32 Å². The second-order valence-electron chi connectivity index (χ2n) is 6.51. The molecule has 0 saturated heterocycles. The Balaban J connectivity index is 1.47. The number of hydrogen-bond acceptors (Lipinski definition) is 4. The van der Waals surface area contributed by atoms with Gasteiger partial charge >= 0.3 is 0 Å². The monoisotopic (exact) mass is 342 g/mol. The number of hydrogen-bond donors (Lipinski definition) is 2. The SMILES string of the molecule is C(=C\c1cc2nccn2c(Nc2cc(C3CC3)[nH]n2)n1)/c1ccccc1. The molecule has 0 spiro atoms. The molecule has 0 aliphatic heterocycles. The first kappa shape index (κ1) is 14.9. The van der Waals surface area contributed by atoms with Gasteiger partial charge in [-0.2, -0.15) is 5.10 Å². The van der Waals surface area contributed by atoms with Crippen LogP contribution < -0.4 is 5.32 Å². The Hall–Kier alpha value is -3.41. The van der Waals surface area contributed by atoms with Crippen LogP contribution in [0.15, 0.2) is 54.9 Å². The zero-order chi connectivity index (χ0) is 17.3. The molecule has 3 aromatic heterocycles. The summed E-state index contributed by atoms with van der Waals surface area (Å²) in [6.07, 6.45) is 10.2. The van der Waals surface area contributed by atoms with Gasteiger partial charge in [-0.3, -0.25) is 9.50 Å². The Morgan fingerprint density at radius 1 is 1.12 bits per heavy atom. The Kier molecular flexibility index (Phi) is 3.52. The molecule has 3 heterocycles. The largest absolute Gasteiger partial charge is 0.308 e. The number of rotatable bonds is 5. The van der Waals surface area contributed by atoms with Gasteiger partial charge in [0.15, 0.2) is 5.82 Å². The molecular formula is C20H18N6. The van der Waals surface area contributed by atoms with Crippen LogP contribution in [-0.4, -0.2) is 24.6 Å². The average Bonchev–Trinajstić information content (AvgIpc) is 3.22. The topological polar surface area (TPSA) is 70.9 Å². The molecule has 4 aromatic rings. The molecule has 1 saturated carbocycles. The number of nitrogens with zero attached hydrogens (tertiary/aromatic N) is 4. The number of aromatic nitrogens is 5. The van der Waals surface area contributed by atoms with Crippen LogP contribution in [0.25, 0.3) is 17.8 Å². The van der Waals surface area contributed by atoms with Crippen LogP contribution in [-0.2, 0) is 0 Å². The van der Waals surface area contributed by atoms with Crippen molar-refractivity contribution in [2.75, 3.05) is 5.32 Å². The molecule has 1 fully saturated rings. The summed E-state index contributed by atoms with van der Waals surface area (Å²) in [5, 5.41) is 10.8. The molecule has 6 heteroatoms. The molecule has 1 aromatic carbocycles. The number of fused-ring (bicyclic) bond motifs is 1. The summed E-state index contributed by atoms with van der Waals surface area (Å²) in [5.41, 5.74) is 4.00. The van der Waals surface area contributed by atoms with E-state index in [1.165, 1.54) is 18.5 Å². The lowest BCUT2D eigenvalue weighted by molar-refractivity contribution is 0.964. The minimum atomic E-state index is 0.638. The van der Waals surface area contributed by atoms with Crippen molar-refractivity contribution in [2.24, 2.45) is 0 Å². The summed E-state index contributed by atoms with van der Waals surface area (Å²) in [4.78, 5) is 9.13. The van der Waals surface area contributed by atoms with Crippen LogP contribution in [0.4, 0.5) is 11.8 Å². The molecule has 0 unspecified atom stereocenters. The maximum Gasteiger partial charge on any atom is 0.214 e. The highest BCUT2D eigenvalue weighted by atomic mass is 15.3. The summed E-state index contributed by atoms with van der Waals surface area (Å²) in [6.45, 7) is 0. The van der Waals surface area contributed by atoms with E-state index in [4.69, 9.17) is 4.98 Å². The molecule has 5 rings (SSSR count). The fraction of sp³-hybridized carbons (Fsp3) is 0.150. The summed E-state index contributed by atoms with van der Waals surface area (Å²) in [5.74, 6) is 2.11. The summed E-state index contributed by atoms with van der Waals surface area (Å²) < 4.78 is 1.92. The van der Waals surface area contributed by atoms with Gasteiger partial charge in [0.1, 0.15) is 5.65 Å². The van der Waals surface area contributed by atoms with E-state index in [1.54, 1.807) is 6.20 Å². The third kappa shape index (κ3) is 2.97. The molecule has 1 aliphatic rings. The molecule has 0 radical (unpaired) electrons. The smallest absolute Gasteiger partial charge is 0.214 e. The minimum Gasteiger partial charge on any atom is -0.308 e. The van der Waals surface area contributed by atoms with Crippen LogP contribution in [0.2, 0.25) is 0 Å². The van der Waals surface area contributed by atoms with E-state index in [0.717, 1.165) is 22.7 Å². The second kappa shape index (κ2) is 6.15. The zero-order valence-electron chi connectivity index (χ0n) is 14.1. The molecule has 26 heavy (non-hydrogen) atoms. The van der Waals surface area contributed by atoms with Gasteiger partial charge in [-0.25, -0.2) is 9.97 Å². The highest BCUT2D eigenvalue weighted by Crippen LogP contribution is 2.39. The van der Waals surface area contributed by atoms with Crippen molar-refractivity contribution in [1.29, 1.82) is 0 Å². The maximum absolute atomic E-state index is 4.72. The van der Waals surface area contributed by atoms with E-state index in [-0.39, 0.29) is 0 Å². The van der Waals surface area contributed by atoms with E-state index < -0.39 is 0 Å². The fourth-order valence-corrected chi connectivity index (χ4v) is 2.98. The Bertz CT molecular complexity index is 1070. The highest BCUT2D eigenvalue weighted by molar-refractivity contribution is 5.70. The first-order valence-electron chi connectivity index (χ1n) is 8.75. The van der Waals surface area contributed by atoms with Crippen molar-refractivity contribution in [3.8, 4) is 0 Å². The molecule has 2 N–H and O–H groups in total. The van der Waals surface area contributed by atoms with E-state index in [0.29, 0.717) is 11.9 Å². The van der Waals surface area contributed by atoms with Gasteiger partial charge in [0.05, 0.1) is 5.69 Å². The van der Waals surface area contributed by atoms with Gasteiger partial charge in [0, 0.05) is 36.1 Å². The Morgan fingerprint density at radius 2 is 2.00 bits per heavy atom. The van der Waals surface area contributed by atoms with Crippen LogP contribution in [0.3, 0.4) is 0 Å². The summed E-state index contributed by atoms with van der Waals surface area (Å²) in [7, 11) is 0. The standard InChI is InChI=1S/C20H18N6/c1-2-4-14(5-3-1)6-9-16-12-19-21-10-11-26(19)20(22-16)23-18-13-17(24-25-18)15-7-8-15/h1-6,9-13,15H,7-8H2,(H2,22,23,24,25)/b9-6+. The summed E-state index contributed by atoms with van der Waals surface area (Å²) >= 11 is 0. The number of H-pyrrole nitrogens is 1. The van der Waals surface area contributed by atoms with E-state index in [2.05, 4.69) is 38.7 Å². The second-order valence-corrected chi connectivity index (χ2v) is 6.51. The minimum absolute atomic E-state index is 0.638. The van der Waals surface area contributed by atoms with Crippen molar-refractivity contribution in [1.82, 2.24) is 24.6 Å². The third-order valence-electron chi connectivity index (χ3n) is 4.51. The van der Waals surface area contributed by atoms with Crippen molar-refractivity contribution >= 4 is 29.6 Å². The van der Waals surface area contributed by atoms with Gasteiger partial charge in [-0.05, 0) is 24.5 Å². The average molecular weight is 342 g/mol. The summed E-state index contributed by atoms with van der Waals surface area (Å²) in [6, 6.07) is 14.2. The molecule has 0 bridgehead atoms. The Morgan fingerprint density at radius 3 is 2.85 bits per heavy atom. The zero-order valence-corrected chi connectivity index (χ0v) is 14.1. The van der Waals surface area contributed by atoms with Crippen molar-refractivity contribution in [3.63, 3.8) is 0 Å². The van der Waals surface area contributed by atoms with Gasteiger partial charge in [0.2, 0.25) is 5.95 Å². The van der Waals surface area contributed by atoms with Crippen molar-refractivity contribution < 1.29 is 0 Å². The maximum atomic E-state index is 4.72. The van der Waals surface area contributed by atoms with Gasteiger partial charge in [0.25, 0.3) is 0 Å². The van der Waals surface area contributed by atoms with Gasteiger partial charge in [-0.15, -0.1) is 0 Å². The van der Waals surface area contributed by atoms with Crippen LogP contribution >= 0.6 is 0 Å². The number of imidazole rings is 1. The quantitative estimate of drug-likeness (QED) is 0.569. The molecule has 0 amide bonds.